The number of aryl methyl sites for hydroxylation is 1. The van der Waals surface area contributed by atoms with Gasteiger partial charge < -0.3 is 10.4 Å². The summed E-state index contributed by atoms with van der Waals surface area (Å²) in [5.41, 5.74) is 2.51. The highest BCUT2D eigenvalue weighted by atomic mass is 35.5. The van der Waals surface area contributed by atoms with Gasteiger partial charge in [-0.2, -0.15) is 0 Å². The molecule has 0 heterocycles. The molecule has 0 fully saturated rings. The molecule has 3 rings (SSSR count). The Morgan fingerprint density at radius 3 is 2.78 bits per heavy atom. The maximum absolute atomic E-state index is 12.5. The lowest BCUT2D eigenvalue weighted by Crippen LogP contribution is -2.39. The molecule has 120 valence electrons. The third-order valence-electron chi connectivity index (χ3n) is 4.44. The van der Waals surface area contributed by atoms with Crippen LogP contribution in [0.3, 0.4) is 0 Å². The standard InChI is InChI=1S/C19H20ClNO2/c1-19(23,16-10-2-3-11-17(16)20)12-21-18(22)15-9-5-7-13-6-4-8-14(13)15/h2-3,5,7,9-11,23H,4,6,8,12H2,1H3,(H,21,22)/t19-/m1/s1. The number of carbonyl (C=O) groups is 1. The molecule has 0 radical (unpaired) electrons. The lowest BCUT2D eigenvalue weighted by molar-refractivity contribution is 0.0527. The Morgan fingerprint density at radius 1 is 1.22 bits per heavy atom. The van der Waals surface area contributed by atoms with E-state index in [-0.39, 0.29) is 12.5 Å². The van der Waals surface area contributed by atoms with Gasteiger partial charge in [0.15, 0.2) is 0 Å². The molecule has 1 aliphatic carbocycles. The smallest absolute Gasteiger partial charge is 0.251 e. The van der Waals surface area contributed by atoms with E-state index in [0.717, 1.165) is 30.4 Å². The van der Waals surface area contributed by atoms with Gasteiger partial charge in [-0.3, -0.25) is 4.79 Å². The lowest BCUT2D eigenvalue weighted by atomic mass is 9.95. The van der Waals surface area contributed by atoms with E-state index in [1.165, 1.54) is 5.56 Å². The van der Waals surface area contributed by atoms with Crippen molar-refractivity contribution in [1.29, 1.82) is 0 Å². The molecule has 0 aromatic heterocycles. The Kier molecular flexibility index (Phi) is 4.42. The quantitative estimate of drug-likeness (QED) is 0.902. The van der Waals surface area contributed by atoms with Gasteiger partial charge in [-0.25, -0.2) is 0 Å². The molecule has 2 N–H and O–H groups in total. The van der Waals surface area contributed by atoms with Crippen LogP contribution in [-0.2, 0) is 18.4 Å². The normalized spacial score (nSPS) is 15.8. The molecule has 4 heteroatoms. The first-order valence-corrected chi connectivity index (χ1v) is 8.23. The van der Waals surface area contributed by atoms with E-state index in [2.05, 4.69) is 11.4 Å². The molecule has 2 aromatic rings. The van der Waals surface area contributed by atoms with E-state index < -0.39 is 5.60 Å². The van der Waals surface area contributed by atoms with Crippen LogP contribution in [0.15, 0.2) is 42.5 Å². The largest absolute Gasteiger partial charge is 0.384 e. The molecule has 0 saturated carbocycles. The van der Waals surface area contributed by atoms with Crippen molar-refractivity contribution in [3.05, 3.63) is 69.7 Å². The summed E-state index contributed by atoms with van der Waals surface area (Å²) in [6.45, 7) is 1.77. The third-order valence-corrected chi connectivity index (χ3v) is 4.77. The zero-order valence-corrected chi connectivity index (χ0v) is 13.9. The zero-order chi connectivity index (χ0) is 16.4. The summed E-state index contributed by atoms with van der Waals surface area (Å²) in [7, 11) is 0. The summed E-state index contributed by atoms with van der Waals surface area (Å²) in [5.74, 6) is -0.143. The SMILES string of the molecule is C[C@@](O)(CNC(=O)c1cccc2c1CCC2)c1ccccc1Cl. The number of hydrogen-bond donors (Lipinski definition) is 2. The van der Waals surface area contributed by atoms with Gasteiger partial charge in [-0.15, -0.1) is 0 Å². The summed E-state index contributed by atoms with van der Waals surface area (Å²) >= 11 is 6.15. The number of aliphatic hydroxyl groups is 1. The van der Waals surface area contributed by atoms with Gasteiger partial charge in [0.25, 0.3) is 5.91 Å². The van der Waals surface area contributed by atoms with Crippen molar-refractivity contribution in [2.75, 3.05) is 6.54 Å². The summed E-state index contributed by atoms with van der Waals surface area (Å²) in [4.78, 5) is 12.5. The molecular formula is C19H20ClNO2. The number of fused-ring (bicyclic) bond motifs is 1. The number of benzene rings is 2. The first-order valence-electron chi connectivity index (χ1n) is 7.85. The molecule has 1 aliphatic rings. The van der Waals surface area contributed by atoms with Gasteiger partial charge in [-0.05, 0) is 49.4 Å². The molecule has 3 nitrogen and oxygen atoms in total. The predicted octanol–water partition coefficient (Wildman–Crippen LogP) is 3.47. The second-order valence-electron chi connectivity index (χ2n) is 6.23. The predicted molar refractivity (Wildman–Crippen MR) is 91.8 cm³/mol. The first kappa shape index (κ1) is 16.0. The molecule has 2 aromatic carbocycles. The fraction of sp³-hybridized carbons (Fsp3) is 0.316. The van der Waals surface area contributed by atoms with Crippen LogP contribution < -0.4 is 5.32 Å². The fourth-order valence-electron chi connectivity index (χ4n) is 3.17. The lowest BCUT2D eigenvalue weighted by Gasteiger charge is -2.25. The molecule has 0 bridgehead atoms. The number of halogens is 1. The zero-order valence-electron chi connectivity index (χ0n) is 13.1. The number of hydrogen-bond acceptors (Lipinski definition) is 2. The Bertz CT molecular complexity index is 740. The summed E-state index contributed by atoms with van der Waals surface area (Å²) in [5, 5.41) is 14.0. The minimum absolute atomic E-state index is 0.110. The monoisotopic (exact) mass is 329 g/mol. The Labute approximate surface area is 141 Å². The van der Waals surface area contributed by atoms with Crippen LogP contribution in [0.2, 0.25) is 5.02 Å². The molecule has 23 heavy (non-hydrogen) atoms. The fourth-order valence-corrected chi connectivity index (χ4v) is 3.51. The van der Waals surface area contributed by atoms with Crippen LogP contribution in [0.1, 0.15) is 40.4 Å². The van der Waals surface area contributed by atoms with Gasteiger partial charge in [0.2, 0.25) is 0 Å². The van der Waals surface area contributed by atoms with Crippen molar-refractivity contribution in [2.45, 2.75) is 31.8 Å². The molecular weight excluding hydrogens is 310 g/mol. The van der Waals surface area contributed by atoms with Crippen LogP contribution >= 0.6 is 11.6 Å². The van der Waals surface area contributed by atoms with Gasteiger partial charge in [0, 0.05) is 16.1 Å². The average molecular weight is 330 g/mol. The van der Waals surface area contributed by atoms with E-state index in [1.807, 2.05) is 24.3 Å². The number of carbonyl (C=O) groups excluding carboxylic acids is 1. The Hall–Kier alpha value is -1.84. The maximum atomic E-state index is 12.5. The summed E-state index contributed by atoms with van der Waals surface area (Å²) in [6, 6.07) is 13.0. The van der Waals surface area contributed by atoms with E-state index >= 15 is 0 Å². The van der Waals surface area contributed by atoms with Crippen LogP contribution in [0.5, 0.6) is 0 Å². The second kappa shape index (κ2) is 6.34. The Balaban J connectivity index is 1.75. The topological polar surface area (TPSA) is 49.3 Å². The van der Waals surface area contributed by atoms with Crippen molar-refractivity contribution in [1.82, 2.24) is 5.32 Å². The van der Waals surface area contributed by atoms with Crippen LogP contribution in [0.25, 0.3) is 0 Å². The molecule has 0 spiro atoms. The van der Waals surface area contributed by atoms with Crippen molar-refractivity contribution in [3.63, 3.8) is 0 Å². The van der Waals surface area contributed by atoms with Gasteiger partial charge in [0.1, 0.15) is 5.60 Å². The summed E-state index contributed by atoms with van der Waals surface area (Å²) in [6.07, 6.45) is 3.07. The molecule has 0 aliphatic heterocycles. The van der Waals surface area contributed by atoms with E-state index in [4.69, 9.17) is 11.6 Å². The average Bonchev–Trinajstić information content (AvgIpc) is 3.01. The molecule has 0 saturated heterocycles. The highest BCUT2D eigenvalue weighted by Gasteiger charge is 2.27. The summed E-state index contributed by atoms with van der Waals surface area (Å²) < 4.78 is 0. The molecule has 0 unspecified atom stereocenters. The number of nitrogens with one attached hydrogen (secondary N) is 1. The number of amides is 1. The number of rotatable bonds is 4. The van der Waals surface area contributed by atoms with Crippen molar-refractivity contribution >= 4 is 17.5 Å². The van der Waals surface area contributed by atoms with Crippen LogP contribution in [0, 0.1) is 0 Å². The van der Waals surface area contributed by atoms with Crippen molar-refractivity contribution in [3.8, 4) is 0 Å². The van der Waals surface area contributed by atoms with Gasteiger partial charge in [-0.1, -0.05) is 41.9 Å². The first-order chi connectivity index (χ1) is 11.0. The van der Waals surface area contributed by atoms with E-state index in [0.29, 0.717) is 10.6 Å². The van der Waals surface area contributed by atoms with E-state index in [1.54, 1.807) is 19.1 Å². The maximum Gasteiger partial charge on any atom is 0.251 e. The van der Waals surface area contributed by atoms with Crippen LogP contribution in [-0.4, -0.2) is 17.6 Å². The Morgan fingerprint density at radius 2 is 2.00 bits per heavy atom. The highest BCUT2D eigenvalue weighted by molar-refractivity contribution is 6.31. The van der Waals surface area contributed by atoms with Crippen molar-refractivity contribution < 1.29 is 9.90 Å². The minimum atomic E-state index is -1.22. The van der Waals surface area contributed by atoms with Crippen LogP contribution in [0.4, 0.5) is 0 Å². The molecule has 1 amide bonds. The van der Waals surface area contributed by atoms with E-state index in [9.17, 15) is 9.90 Å². The minimum Gasteiger partial charge on any atom is -0.384 e. The second-order valence-corrected chi connectivity index (χ2v) is 6.64. The van der Waals surface area contributed by atoms with Gasteiger partial charge in [0.05, 0.1) is 6.54 Å². The molecule has 1 atom stereocenters. The highest BCUT2D eigenvalue weighted by Crippen LogP contribution is 2.28. The van der Waals surface area contributed by atoms with Crippen molar-refractivity contribution in [2.24, 2.45) is 0 Å². The third kappa shape index (κ3) is 3.26. The van der Waals surface area contributed by atoms with Gasteiger partial charge >= 0.3 is 0 Å².